The van der Waals surface area contributed by atoms with Crippen LogP contribution in [0.25, 0.3) is 21.9 Å². The number of amides is 1. The van der Waals surface area contributed by atoms with Gasteiger partial charge in [0.15, 0.2) is 11.5 Å². The van der Waals surface area contributed by atoms with Crippen LogP contribution in [0.2, 0.25) is 0 Å². The smallest absolute Gasteiger partial charge is 0.251 e. The topological polar surface area (TPSA) is 47.6 Å². The molecule has 2 aliphatic heterocycles. The van der Waals surface area contributed by atoms with Crippen molar-refractivity contribution in [2.75, 3.05) is 6.79 Å². The number of hydrogen-bond donors (Lipinski definition) is 1. The third-order valence-electron chi connectivity index (χ3n) is 4.62. The van der Waals surface area contributed by atoms with E-state index in [0.29, 0.717) is 17.6 Å². The number of carbonyl (C=O) groups is 1. The van der Waals surface area contributed by atoms with Crippen LogP contribution in [0.15, 0.2) is 42.5 Å². The van der Waals surface area contributed by atoms with E-state index in [0.717, 1.165) is 39.0 Å². The highest BCUT2D eigenvalue weighted by Gasteiger charge is 2.28. The molecule has 3 aromatic carbocycles. The zero-order chi connectivity index (χ0) is 16.3. The van der Waals surface area contributed by atoms with Gasteiger partial charge < -0.3 is 14.8 Å². The molecule has 5 rings (SSSR count). The Morgan fingerprint density at radius 2 is 1.88 bits per heavy atom. The minimum Gasteiger partial charge on any atom is -0.454 e. The number of carbonyl (C=O) groups excluding carboxylic acids is 1. The second-order valence-corrected chi connectivity index (χ2v) is 5.98. The molecule has 2 heterocycles. The van der Waals surface area contributed by atoms with Gasteiger partial charge in [0.2, 0.25) is 6.79 Å². The van der Waals surface area contributed by atoms with Gasteiger partial charge in [-0.05, 0) is 34.2 Å². The number of hydrogen-bond acceptors (Lipinski definition) is 3. The molecule has 1 N–H and O–H groups in total. The van der Waals surface area contributed by atoms with Crippen molar-refractivity contribution in [1.82, 2.24) is 5.32 Å². The monoisotopic (exact) mass is 313 g/mol. The van der Waals surface area contributed by atoms with E-state index in [1.165, 1.54) is 0 Å². The van der Waals surface area contributed by atoms with Gasteiger partial charge >= 0.3 is 0 Å². The zero-order valence-corrected chi connectivity index (χ0v) is 12.8. The lowest BCUT2D eigenvalue weighted by molar-refractivity contribution is 0.0966. The van der Waals surface area contributed by atoms with Gasteiger partial charge in [-0.2, -0.15) is 0 Å². The molecule has 0 atom stereocenters. The molecule has 2 radical (unpaired) electrons. The third kappa shape index (κ3) is 1.78. The molecule has 3 aromatic rings. The predicted molar refractivity (Wildman–Crippen MR) is 92.1 cm³/mol. The normalized spacial score (nSPS) is 14.8. The maximum atomic E-state index is 12.2. The SMILES string of the molecule is [B]c1ccc(-c2c3c(cc4ccc5c(c24)OCO5)C(=O)NC3)cc1. The summed E-state index contributed by atoms with van der Waals surface area (Å²) in [6, 6.07) is 13.5. The quantitative estimate of drug-likeness (QED) is 0.701. The number of benzene rings is 3. The van der Waals surface area contributed by atoms with E-state index in [1.807, 2.05) is 42.5 Å². The van der Waals surface area contributed by atoms with Gasteiger partial charge in [-0.3, -0.25) is 4.79 Å². The molecular formula is C19H12BNO3. The van der Waals surface area contributed by atoms with Gasteiger partial charge in [-0.1, -0.05) is 35.8 Å². The van der Waals surface area contributed by atoms with E-state index in [1.54, 1.807) is 0 Å². The van der Waals surface area contributed by atoms with Crippen LogP contribution >= 0.6 is 0 Å². The largest absolute Gasteiger partial charge is 0.454 e. The Morgan fingerprint density at radius 3 is 2.71 bits per heavy atom. The van der Waals surface area contributed by atoms with Crippen LogP contribution in [-0.4, -0.2) is 20.5 Å². The molecule has 114 valence electrons. The first kappa shape index (κ1) is 13.5. The highest BCUT2D eigenvalue weighted by Crippen LogP contribution is 2.46. The lowest BCUT2D eigenvalue weighted by Crippen LogP contribution is -2.12. The van der Waals surface area contributed by atoms with Crippen molar-refractivity contribution in [2.45, 2.75) is 6.54 Å². The van der Waals surface area contributed by atoms with E-state index in [2.05, 4.69) is 5.32 Å². The highest BCUT2D eigenvalue weighted by molar-refractivity contribution is 6.32. The standard InChI is InChI=1S/C19H12BNO3/c20-12-4-1-10(2-5-12)16-14-8-21-19(22)13(14)7-11-3-6-15-18(17(11)16)24-9-23-15/h1-7H,8-9H2,(H,21,22). The van der Waals surface area contributed by atoms with Crippen LogP contribution in [-0.2, 0) is 6.54 Å². The summed E-state index contributed by atoms with van der Waals surface area (Å²) >= 11 is 0. The van der Waals surface area contributed by atoms with E-state index in [4.69, 9.17) is 17.3 Å². The van der Waals surface area contributed by atoms with Gasteiger partial charge in [0.05, 0.1) is 0 Å². The summed E-state index contributed by atoms with van der Waals surface area (Å²) in [5.41, 5.74) is 4.42. The lowest BCUT2D eigenvalue weighted by atomic mass is 9.88. The van der Waals surface area contributed by atoms with E-state index in [9.17, 15) is 4.79 Å². The van der Waals surface area contributed by atoms with Crippen molar-refractivity contribution in [3.05, 3.63) is 53.6 Å². The van der Waals surface area contributed by atoms with Crippen LogP contribution in [0, 0.1) is 0 Å². The van der Waals surface area contributed by atoms with Crippen LogP contribution < -0.4 is 20.3 Å². The van der Waals surface area contributed by atoms with Crippen molar-refractivity contribution in [3.8, 4) is 22.6 Å². The Hall–Kier alpha value is -2.95. The Balaban J connectivity index is 1.93. The zero-order valence-electron chi connectivity index (χ0n) is 12.8. The molecule has 0 saturated heterocycles. The molecule has 0 unspecified atom stereocenters. The summed E-state index contributed by atoms with van der Waals surface area (Å²) in [5.74, 6) is 1.43. The minimum atomic E-state index is -0.0405. The van der Waals surface area contributed by atoms with Crippen molar-refractivity contribution >= 4 is 30.0 Å². The Kier molecular flexibility index (Phi) is 2.68. The molecule has 0 bridgehead atoms. The molecule has 24 heavy (non-hydrogen) atoms. The van der Waals surface area contributed by atoms with Gasteiger partial charge in [0.25, 0.3) is 5.91 Å². The number of nitrogens with one attached hydrogen (secondary N) is 1. The van der Waals surface area contributed by atoms with E-state index < -0.39 is 0 Å². The molecule has 0 aliphatic carbocycles. The van der Waals surface area contributed by atoms with Crippen molar-refractivity contribution in [2.24, 2.45) is 0 Å². The Labute approximate surface area is 139 Å². The van der Waals surface area contributed by atoms with E-state index in [-0.39, 0.29) is 12.7 Å². The van der Waals surface area contributed by atoms with Gasteiger partial charge in [-0.25, -0.2) is 0 Å². The van der Waals surface area contributed by atoms with Gasteiger partial charge in [-0.15, -0.1) is 0 Å². The van der Waals surface area contributed by atoms with Crippen molar-refractivity contribution in [3.63, 3.8) is 0 Å². The first-order chi connectivity index (χ1) is 11.7. The fourth-order valence-electron chi connectivity index (χ4n) is 3.51. The molecular weight excluding hydrogens is 301 g/mol. The molecule has 5 heteroatoms. The van der Waals surface area contributed by atoms with Crippen LogP contribution in [0.5, 0.6) is 11.5 Å². The number of rotatable bonds is 1. The fourth-order valence-corrected chi connectivity index (χ4v) is 3.51. The summed E-state index contributed by atoms with van der Waals surface area (Å²) in [6.45, 7) is 0.720. The summed E-state index contributed by atoms with van der Waals surface area (Å²) in [6.07, 6.45) is 0. The Bertz CT molecular complexity index is 1010. The molecule has 2 aliphatic rings. The molecule has 0 saturated carbocycles. The van der Waals surface area contributed by atoms with Crippen molar-refractivity contribution in [1.29, 1.82) is 0 Å². The second-order valence-electron chi connectivity index (χ2n) is 5.98. The fraction of sp³-hybridized carbons (Fsp3) is 0.105. The minimum absolute atomic E-state index is 0.0405. The van der Waals surface area contributed by atoms with Crippen LogP contribution in [0.1, 0.15) is 15.9 Å². The summed E-state index contributed by atoms with van der Waals surface area (Å²) in [7, 11) is 5.83. The van der Waals surface area contributed by atoms with Crippen LogP contribution in [0.3, 0.4) is 0 Å². The van der Waals surface area contributed by atoms with E-state index >= 15 is 0 Å². The maximum Gasteiger partial charge on any atom is 0.251 e. The number of ether oxygens (including phenoxy) is 2. The first-order valence-corrected chi connectivity index (χ1v) is 7.74. The highest BCUT2D eigenvalue weighted by atomic mass is 16.7. The van der Waals surface area contributed by atoms with Crippen molar-refractivity contribution < 1.29 is 14.3 Å². The van der Waals surface area contributed by atoms with Gasteiger partial charge in [0.1, 0.15) is 7.85 Å². The maximum absolute atomic E-state index is 12.2. The average molecular weight is 313 g/mol. The number of fused-ring (bicyclic) bond motifs is 4. The molecule has 0 aromatic heterocycles. The Morgan fingerprint density at radius 1 is 1.04 bits per heavy atom. The summed E-state index contributed by atoms with van der Waals surface area (Å²) in [4.78, 5) is 12.2. The first-order valence-electron chi connectivity index (χ1n) is 7.74. The molecule has 4 nitrogen and oxygen atoms in total. The van der Waals surface area contributed by atoms with Gasteiger partial charge in [0, 0.05) is 17.5 Å². The predicted octanol–water partition coefficient (Wildman–Crippen LogP) is 2.27. The molecule has 0 fully saturated rings. The van der Waals surface area contributed by atoms with Crippen LogP contribution in [0.4, 0.5) is 0 Å². The summed E-state index contributed by atoms with van der Waals surface area (Å²) < 4.78 is 11.3. The average Bonchev–Trinajstić information content (AvgIpc) is 3.21. The second kappa shape index (κ2) is 4.77. The lowest BCUT2D eigenvalue weighted by Gasteiger charge is -2.14. The summed E-state index contributed by atoms with van der Waals surface area (Å²) in [5, 5.41) is 4.85. The molecule has 0 spiro atoms. The molecule has 1 amide bonds. The third-order valence-corrected chi connectivity index (χ3v) is 4.62.